The number of nitrogens with zero attached hydrogens (tertiary/aromatic N) is 3. The van der Waals surface area contributed by atoms with Gasteiger partial charge in [-0.2, -0.15) is 0 Å². The molecule has 0 aliphatic carbocycles. The molecule has 3 rings (SSSR count). The third-order valence-corrected chi connectivity index (χ3v) is 5.36. The zero-order chi connectivity index (χ0) is 19.6. The number of rotatable bonds is 4. The molecule has 0 bridgehead atoms. The maximum absolute atomic E-state index is 12.9. The van der Waals surface area contributed by atoms with Gasteiger partial charge in [0.1, 0.15) is 0 Å². The van der Waals surface area contributed by atoms with E-state index >= 15 is 0 Å². The van der Waals surface area contributed by atoms with Crippen LogP contribution in [-0.4, -0.2) is 60.2 Å². The van der Waals surface area contributed by atoms with Crippen LogP contribution in [0.4, 0.5) is 5.69 Å². The fourth-order valence-corrected chi connectivity index (χ4v) is 3.86. The Balaban J connectivity index is 1.56. The topological polar surface area (TPSA) is 60.9 Å². The monoisotopic (exact) mass is 391 g/mol. The van der Waals surface area contributed by atoms with Crippen LogP contribution in [0.3, 0.4) is 0 Å². The number of carbonyl (C=O) groups is 3. The lowest BCUT2D eigenvalue weighted by molar-refractivity contribution is -0.142. The number of hydrogen-bond donors (Lipinski definition) is 0. The van der Waals surface area contributed by atoms with Crippen LogP contribution < -0.4 is 4.90 Å². The zero-order valence-corrected chi connectivity index (χ0v) is 16.6. The predicted octanol–water partition coefficient (Wildman–Crippen LogP) is 2.41. The summed E-state index contributed by atoms with van der Waals surface area (Å²) in [5.74, 6) is 0.0963. The molecule has 0 saturated carbocycles. The lowest BCUT2D eigenvalue weighted by Gasteiger charge is -2.36. The largest absolute Gasteiger partial charge is 0.339 e. The van der Waals surface area contributed by atoms with E-state index in [2.05, 4.69) is 0 Å². The highest BCUT2D eigenvalue weighted by molar-refractivity contribution is 6.31. The molecule has 2 fully saturated rings. The minimum atomic E-state index is -0.339. The van der Waals surface area contributed by atoms with Gasteiger partial charge < -0.3 is 14.7 Å². The van der Waals surface area contributed by atoms with E-state index in [1.165, 1.54) is 0 Å². The van der Waals surface area contributed by atoms with Gasteiger partial charge in [0.15, 0.2) is 0 Å². The van der Waals surface area contributed by atoms with E-state index in [-0.39, 0.29) is 30.1 Å². The molecule has 1 aromatic rings. The van der Waals surface area contributed by atoms with Crippen molar-refractivity contribution in [1.29, 1.82) is 0 Å². The average Bonchev–Trinajstić information content (AvgIpc) is 3.02. The van der Waals surface area contributed by atoms with Gasteiger partial charge in [-0.3, -0.25) is 14.4 Å². The van der Waals surface area contributed by atoms with E-state index in [1.54, 1.807) is 28.0 Å². The van der Waals surface area contributed by atoms with E-state index < -0.39 is 0 Å². The highest BCUT2D eigenvalue weighted by Gasteiger charge is 2.38. The van der Waals surface area contributed by atoms with Crippen molar-refractivity contribution in [1.82, 2.24) is 9.80 Å². The maximum Gasteiger partial charge on any atom is 0.228 e. The Labute approximate surface area is 165 Å². The Bertz CT molecular complexity index is 729. The van der Waals surface area contributed by atoms with Crippen molar-refractivity contribution in [3.63, 3.8) is 0 Å². The van der Waals surface area contributed by atoms with Gasteiger partial charge in [0.2, 0.25) is 17.7 Å². The van der Waals surface area contributed by atoms with Gasteiger partial charge in [0.25, 0.3) is 0 Å². The zero-order valence-electron chi connectivity index (χ0n) is 15.9. The van der Waals surface area contributed by atoms with Crippen molar-refractivity contribution < 1.29 is 14.4 Å². The summed E-state index contributed by atoms with van der Waals surface area (Å²) in [5, 5.41) is 0.567. The van der Waals surface area contributed by atoms with Gasteiger partial charge in [-0.1, -0.05) is 31.5 Å². The lowest BCUT2D eigenvalue weighted by Crippen LogP contribution is -2.52. The van der Waals surface area contributed by atoms with Crippen LogP contribution in [0.1, 0.15) is 26.7 Å². The Morgan fingerprint density at radius 2 is 1.81 bits per heavy atom. The van der Waals surface area contributed by atoms with Crippen LogP contribution in [0.5, 0.6) is 0 Å². The summed E-state index contributed by atoms with van der Waals surface area (Å²) in [7, 11) is 0. The van der Waals surface area contributed by atoms with Gasteiger partial charge in [-0.15, -0.1) is 0 Å². The number of piperazine rings is 1. The summed E-state index contributed by atoms with van der Waals surface area (Å²) >= 11 is 6.02. The SMILES string of the molecule is CC(C)CC(=O)N1CCN(C(=O)C2CC(=O)N(c3cccc(Cl)c3)C2)CC1. The molecule has 27 heavy (non-hydrogen) atoms. The first kappa shape index (κ1) is 19.7. The van der Waals surface area contributed by atoms with E-state index in [9.17, 15) is 14.4 Å². The van der Waals surface area contributed by atoms with Crippen LogP contribution in [0.15, 0.2) is 24.3 Å². The molecule has 1 atom stereocenters. The number of anilines is 1. The molecule has 1 aromatic carbocycles. The molecule has 3 amide bonds. The molecule has 7 heteroatoms. The molecule has 6 nitrogen and oxygen atoms in total. The smallest absolute Gasteiger partial charge is 0.228 e. The second-order valence-corrected chi connectivity index (χ2v) is 8.13. The first-order chi connectivity index (χ1) is 12.8. The molecule has 0 spiro atoms. The first-order valence-corrected chi connectivity index (χ1v) is 9.85. The summed E-state index contributed by atoms with van der Waals surface area (Å²) in [5.41, 5.74) is 0.729. The van der Waals surface area contributed by atoms with Crippen molar-refractivity contribution in [3.8, 4) is 0 Å². The second kappa shape index (κ2) is 8.30. The molecule has 1 unspecified atom stereocenters. The second-order valence-electron chi connectivity index (χ2n) is 7.69. The Morgan fingerprint density at radius 3 is 2.44 bits per heavy atom. The van der Waals surface area contributed by atoms with Crippen molar-refractivity contribution in [3.05, 3.63) is 29.3 Å². The minimum absolute atomic E-state index is 0.00355. The molecule has 2 aliphatic rings. The number of amides is 3. The summed E-state index contributed by atoms with van der Waals surface area (Å²) in [6.45, 7) is 6.63. The van der Waals surface area contributed by atoms with Crippen LogP contribution in [0.25, 0.3) is 0 Å². The molecular weight excluding hydrogens is 366 g/mol. The number of halogens is 1. The third-order valence-electron chi connectivity index (χ3n) is 5.12. The van der Waals surface area contributed by atoms with E-state index in [0.717, 1.165) is 5.69 Å². The normalized spacial score (nSPS) is 20.5. The van der Waals surface area contributed by atoms with Gasteiger partial charge in [0.05, 0.1) is 5.92 Å². The minimum Gasteiger partial charge on any atom is -0.339 e. The molecule has 0 N–H and O–H groups in total. The van der Waals surface area contributed by atoms with Crippen molar-refractivity contribution >= 4 is 35.0 Å². The van der Waals surface area contributed by atoms with Gasteiger partial charge in [-0.05, 0) is 24.1 Å². The average molecular weight is 392 g/mol. The maximum atomic E-state index is 12.9. The van der Waals surface area contributed by atoms with E-state index in [1.807, 2.05) is 24.8 Å². The van der Waals surface area contributed by atoms with Crippen molar-refractivity contribution in [2.24, 2.45) is 11.8 Å². The molecule has 0 radical (unpaired) electrons. The Kier molecular flexibility index (Phi) is 6.05. The summed E-state index contributed by atoms with van der Waals surface area (Å²) in [6.07, 6.45) is 0.761. The van der Waals surface area contributed by atoms with Crippen molar-refractivity contribution in [2.45, 2.75) is 26.7 Å². The van der Waals surface area contributed by atoms with Crippen molar-refractivity contribution in [2.75, 3.05) is 37.6 Å². The summed E-state index contributed by atoms with van der Waals surface area (Å²) in [6, 6.07) is 7.13. The highest BCUT2D eigenvalue weighted by Crippen LogP contribution is 2.28. The number of benzene rings is 1. The third kappa shape index (κ3) is 4.61. The Morgan fingerprint density at radius 1 is 1.15 bits per heavy atom. The predicted molar refractivity (Wildman–Crippen MR) is 105 cm³/mol. The lowest BCUT2D eigenvalue weighted by atomic mass is 10.1. The van der Waals surface area contributed by atoms with E-state index in [4.69, 9.17) is 11.6 Å². The van der Waals surface area contributed by atoms with Crippen LogP contribution in [0, 0.1) is 11.8 Å². The molecular formula is C20H26ClN3O3. The standard InChI is InChI=1S/C20H26ClN3O3/c1-14(2)10-18(25)22-6-8-23(9-7-22)20(27)15-11-19(26)24(13-15)17-5-3-4-16(21)12-17/h3-5,12,14-15H,6-11,13H2,1-2H3. The summed E-state index contributed by atoms with van der Waals surface area (Å²) in [4.78, 5) is 42.7. The fraction of sp³-hybridized carbons (Fsp3) is 0.550. The van der Waals surface area contributed by atoms with Gasteiger partial charge >= 0.3 is 0 Å². The molecule has 2 saturated heterocycles. The summed E-state index contributed by atoms with van der Waals surface area (Å²) < 4.78 is 0. The first-order valence-electron chi connectivity index (χ1n) is 9.47. The number of hydrogen-bond acceptors (Lipinski definition) is 3. The van der Waals surface area contributed by atoms with Gasteiger partial charge in [-0.25, -0.2) is 0 Å². The quantitative estimate of drug-likeness (QED) is 0.791. The molecule has 2 heterocycles. The van der Waals surface area contributed by atoms with Crippen LogP contribution in [-0.2, 0) is 14.4 Å². The van der Waals surface area contributed by atoms with Gasteiger partial charge in [0, 0.05) is 56.3 Å². The molecule has 0 aromatic heterocycles. The van der Waals surface area contributed by atoms with Crippen LogP contribution in [0.2, 0.25) is 5.02 Å². The van der Waals surface area contributed by atoms with Crippen LogP contribution >= 0.6 is 11.6 Å². The Hall–Kier alpha value is -2.08. The molecule has 2 aliphatic heterocycles. The van der Waals surface area contributed by atoms with E-state index in [0.29, 0.717) is 50.1 Å². The molecule has 146 valence electrons. The number of carbonyl (C=O) groups excluding carboxylic acids is 3. The highest BCUT2D eigenvalue weighted by atomic mass is 35.5. The fourth-order valence-electron chi connectivity index (χ4n) is 3.68.